The first-order valence-corrected chi connectivity index (χ1v) is 6.47. The molecule has 0 aromatic rings. The van der Waals surface area contributed by atoms with Crippen LogP contribution in [0, 0.1) is 5.41 Å². The van der Waals surface area contributed by atoms with Gasteiger partial charge in [0.05, 0.1) is 0 Å². The van der Waals surface area contributed by atoms with E-state index < -0.39 is 42.1 Å². The van der Waals surface area contributed by atoms with Gasteiger partial charge in [-0.3, -0.25) is 9.59 Å². The number of esters is 2. The third kappa shape index (κ3) is 6.83. The maximum absolute atomic E-state index is 11.7. The lowest BCUT2D eigenvalue weighted by Crippen LogP contribution is -2.51. The minimum atomic E-state index is -1.16. The van der Waals surface area contributed by atoms with Crippen molar-refractivity contribution < 1.29 is 19.1 Å². The fourth-order valence-electron chi connectivity index (χ4n) is 2.09. The van der Waals surface area contributed by atoms with Crippen molar-refractivity contribution in [3.63, 3.8) is 0 Å². The molecule has 0 radical (unpaired) electrons. The maximum Gasteiger partial charge on any atom is 0.312 e. The summed E-state index contributed by atoms with van der Waals surface area (Å²) in [4.78, 5) is 28.2. The Balaban J connectivity index is 5.15. The van der Waals surface area contributed by atoms with E-state index in [1.165, 1.54) is 0 Å². The number of hydrogen-bond donors (Lipinski definition) is 0. The summed E-state index contributed by atoms with van der Waals surface area (Å²) in [5.74, 6) is -1.46. The molecule has 1 unspecified atom stereocenters. The molecular weight excluding hydrogens is 292 g/mol. The van der Waals surface area contributed by atoms with Gasteiger partial charge in [0.2, 0.25) is 0 Å². The Kier molecular flexibility index (Phi) is 7.21. The van der Waals surface area contributed by atoms with E-state index in [2.05, 4.69) is 20.1 Å². The summed E-state index contributed by atoms with van der Waals surface area (Å²) in [6.45, 7) is 7.68. The highest BCUT2D eigenvalue weighted by Crippen LogP contribution is 2.33. The molecule has 0 aromatic heterocycles. The van der Waals surface area contributed by atoms with Crippen LogP contribution >= 0.6 is 0 Å². The van der Waals surface area contributed by atoms with Crippen molar-refractivity contribution in [1.29, 1.82) is 0 Å². The number of hydrogen-bond acceptors (Lipinski definition) is 6. The molecule has 0 fully saturated rings. The first kappa shape index (κ1) is 19.6. The van der Waals surface area contributed by atoms with Crippen molar-refractivity contribution in [1.82, 2.24) is 0 Å². The van der Waals surface area contributed by atoms with Crippen LogP contribution < -0.4 is 0 Å². The van der Waals surface area contributed by atoms with Gasteiger partial charge in [0.15, 0.2) is 0 Å². The molecule has 0 rings (SSSR count). The average molecular weight is 312 g/mol. The summed E-state index contributed by atoms with van der Waals surface area (Å²) in [6, 6.07) is 0. The van der Waals surface area contributed by atoms with Crippen molar-refractivity contribution in [2.45, 2.75) is 46.3 Å². The number of rotatable bonds is 7. The van der Waals surface area contributed by atoms with E-state index in [0.29, 0.717) is 0 Å². The van der Waals surface area contributed by atoms with E-state index in [9.17, 15) is 9.59 Å². The highest BCUT2D eigenvalue weighted by molar-refractivity contribution is 5.73. The van der Waals surface area contributed by atoms with Gasteiger partial charge in [0.25, 0.3) is 0 Å². The van der Waals surface area contributed by atoms with Gasteiger partial charge in [-0.05, 0) is 24.9 Å². The zero-order valence-corrected chi connectivity index (χ0v) is 13.3. The Morgan fingerprint density at radius 1 is 1.00 bits per heavy atom. The van der Waals surface area contributed by atoms with Crippen LogP contribution in [0.5, 0.6) is 0 Å². The zero-order chi connectivity index (χ0) is 17.4. The lowest BCUT2D eigenvalue weighted by molar-refractivity contribution is -0.191. The molecule has 10 heteroatoms. The highest BCUT2D eigenvalue weighted by atomic mass is 16.6. The molecule has 0 aromatic carbocycles. The molecule has 122 valence electrons. The lowest BCUT2D eigenvalue weighted by Gasteiger charge is -2.40. The van der Waals surface area contributed by atoms with E-state index in [1.807, 2.05) is 20.8 Å². The minimum Gasteiger partial charge on any atom is -0.457 e. The van der Waals surface area contributed by atoms with Crippen molar-refractivity contribution in [2.75, 3.05) is 13.1 Å². The van der Waals surface area contributed by atoms with Crippen molar-refractivity contribution in [2.24, 2.45) is 15.6 Å². The fourth-order valence-corrected chi connectivity index (χ4v) is 2.09. The van der Waals surface area contributed by atoms with E-state index in [4.69, 9.17) is 20.5 Å². The Bertz CT molecular complexity index is 512. The molecule has 0 saturated heterocycles. The Morgan fingerprint density at radius 3 is 1.86 bits per heavy atom. The Morgan fingerprint density at radius 2 is 1.45 bits per heavy atom. The second-order valence-electron chi connectivity index (χ2n) is 6.09. The lowest BCUT2D eigenvalue weighted by atomic mass is 9.80. The number of nitrogens with zero attached hydrogens (tertiary/aromatic N) is 6. The number of carbonyl (C=O) groups excluding carboxylic acids is 2. The van der Waals surface area contributed by atoms with Crippen LogP contribution in [0.1, 0.15) is 34.6 Å². The topological polar surface area (TPSA) is 150 Å². The van der Waals surface area contributed by atoms with Crippen LogP contribution in [0.2, 0.25) is 0 Å². The van der Waals surface area contributed by atoms with Crippen LogP contribution in [0.15, 0.2) is 10.2 Å². The van der Waals surface area contributed by atoms with Gasteiger partial charge in [0, 0.05) is 15.2 Å². The predicted octanol–water partition coefficient (Wildman–Crippen LogP) is 2.89. The Hall–Kier alpha value is -2.44. The van der Waals surface area contributed by atoms with Gasteiger partial charge in [-0.25, -0.2) is 0 Å². The molecule has 0 aliphatic rings. The molecule has 0 heterocycles. The van der Waals surface area contributed by atoms with Crippen molar-refractivity contribution >= 4 is 11.9 Å². The standard InChI is InChI=1S/C12H20N6O4/c1-11(2,3)10(21-8(19)6-15-17-13)12(4,5)22-9(20)7-16-18-14/h10H,6-7H2,1-5H3. The van der Waals surface area contributed by atoms with Crippen molar-refractivity contribution in [3.8, 4) is 0 Å². The largest absolute Gasteiger partial charge is 0.457 e. The first-order valence-electron chi connectivity index (χ1n) is 6.47. The van der Waals surface area contributed by atoms with Crippen LogP contribution in [0.4, 0.5) is 0 Å². The van der Waals surface area contributed by atoms with Gasteiger partial charge >= 0.3 is 11.9 Å². The summed E-state index contributed by atoms with van der Waals surface area (Å²) in [7, 11) is 0. The molecular formula is C12H20N6O4. The SMILES string of the molecule is CC(C)(C)C(OC(=O)CN=[N+]=[N-])C(C)(C)OC(=O)CN=[N+]=[N-]. The first-order chi connectivity index (χ1) is 10.0. The monoisotopic (exact) mass is 312 g/mol. The average Bonchev–Trinajstić information content (AvgIpc) is 2.38. The predicted molar refractivity (Wildman–Crippen MR) is 77.5 cm³/mol. The molecule has 10 nitrogen and oxygen atoms in total. The van der Waals surface area contributed by atoms with E-state index in [0.717, 1.165) is 0 Å². The van der Waals surface area contributed by atoms with Gasteiger partial charge in [0.1, 0.15) is 24.8 Å². The smallest absolute Gasteiger partial charge is 0.312 e. The fraction of sp³-hybridized carbons (Fsp3) is 0.833. The van der Waals surface area contributed by atoms with E-state index in [1.54, 1.807) is 13.8 Å². The van der Waals surface area contributed by atoms with E-state index in [-0.39, 0.29) is 0 Å². The van der Waals surface area contributed by atoms with Gasteiger partial charge in [-0.2, -0.15) is 0 Å². The summed E-state index contributed by atoms with van der Waals surface area (Å²) in [6.07, 6.45) is -0.795. The van der Waals surface area contributed by atoms with Gasteiger partial charge in [-0.1, -0.05) is 31.0 Å². The number of carbonyl (C=O) groups is 2. The quantitative estimate of drug-likeness (QED) is 0.307. The third-order valence-electron chi connectivity index (χ3n) is 2.57. The third-order valence-corrected chi connectivity index (χ3v) is 2.57. The zero-order valence-electron chi connectivity index (χ0n) is 13.3. The van der Waals surface area contributed by atoms with Crippen molar-refractivity contribution in [3.05, 3.63) is 20.9 Å². The van der Waals surface area contributed by atoms with Gasteiger partial charge < -0.3 is 9.47 Å². The molecule has 0 amide bonds. The second-order valence-corrected chi connectivity index (χ2v) is 6.09. The van der Waals surface area contributed by atoms with E-state index >= 15 is 0 Å². The molecule has 22 heavy (non-hydrogen) atoms. The summed E-state index contributed by atoms with van der Waals surface area (Å²) in [5, 5.41) is 6.26. The number of ether oxygens (including phenoxy) is 2. The molecule has 0 N–H and O–H groups in total. The molecule has 0 spiro atoms. The van der Waals surface area contributed by atoms with Crippen LogP contribution in [0.3, 0.4) is 0 Å². The summed E-state index contributed by atoms with van der Waals surface area (Å²) in [5.41, 5.74) is 14.7. The minimum absolute atomic E-state index is 0.453. The van der Waals surface area contributed by atoms with Crippen LogP contribution in [0.25, 0.3) is 20.9 Å². The van der Waals surface area contributed by atoms with Crippen LogP contribution in [-0.2, 0) is 19.1 Å². The molecule has 0 aliphatic heterocycles. The molecule has 0 aliphatic carbocycles. The normalized spacial score (nSPS) is 12.4. The molecule has 0 bridgehead atoms. The Labute approximate surface area is 128 Å². The highest BCUT2D eigenvalue weighted by Gasteiger charge is 2.44. The second kappa shape index (κ2) is 8.11. The maximum atomic E-state index is 11.7. The molecule has 0 saturated carbocycles. The summed E-state index contributed by atoms with van der Waals surface area (Å²) < 4.78 is 10.6. The molecule has 1 atom stereocenters. The van der Waals surface area contributed by atoms with Crippen LogP contribution in [-0.4, -0.2) is 36.7 Å². The van der Waals surface area contributed by atoms with Gasteiger partial charge in [-0.15, -0.1) is 0 Å². The summed E-state index contributed by atoms with van der Waals surface area (Å²) >= 11 is 0. The number of azide groups is 2.